The van der Waals surface area contributed by atoms with Crippen LogP contribution in [0.5, 0.6) is 0 Å². The van der Waals surface area contributed by atoms with Crippen molar-refractivity contribution in [2.24, 2.45) is 0 Å². The number of hydrogen-bond donors (Lipinski definition) is 2. The molecule has 0 aliphatic carbocycles. The molecule has 96 valence electrons. The number of imidazole rings is 1. The van der Waals surface area contributed by atoms with Crippen molar-refractivity contribution < 1.29 is 4.79 Å². The average molecular weight is 264 g/mol. The molecule has 2 heterocycles. The first-order valence-corrected chi connectivity index (χ1v) is 6.66. The van der Waals surface area contributed by atoms with Crippen LogP contribution < -0.4 is 5.32 Å². The van der Waals surface area contributed by atoms with Crippen molar-refractivity contribution in [3.8, 4) is 0 Å². The summed E-state index contributed by atoms with van der Waals surface area (Å²) in [6.07, 6.45) is 3.82. The van der Waals surface area contributed by atoms with E-state index in [2.05, 4.69) is 20.3 Å². The van der Waals surface area contributed by atoms with Gasteiger partial charge >= 0.3 is 0 Å². The molecule has 0 aliphatic rings. The molecule has 0 spiro atoms. The van der Waals surface area contributed by atoms with Crippen LogP contribution in [0, 0.1) is 13.8 Å². The Morgan fingerprint density at radius 3 is 2.83 bits per heavy atom. The number of carbonyl (C=O) groups excluding carboxylic acids is 1. The molecule has 0 radical (unpaired) electrons. The Morgan fingerprint density at radius 1 is 1.56 bits per heavy atom. The van der Waals surface area contributed by atoms with Gasteiger partial charge in [-0.3, -0.25) is 4.79 Å². The van der Waals surface area contributed by atoms with E-state index < -0.39 is 0 Å². The molecule has 2 aromatic heterocycles. The fourth-order valence-corrected chi connectivity index (χ4v) is 2.66. The molecule has 5 nitrogen and oxygen atoms in total. The van der Waals surface area contributed by atoms with Gasteiger partial charge in [-0.2, -0.15) is 0 Å². The van der Waals surface area contributed by atoms with Gasteiger partial charge in [0.1, 0.15) is 10.7 Å². The molecule has 1 atom stereocenters. The molecule has 6 heteroatoms. The van der Waals surface area contributed by atoms with E-state index in [4.69, 9.17) is 0 Å². The number of aryl methyl sites for hydroxylation is 2. The molecular weight excluding hydrogens is 248 g/mol. The Bertz CT molecular complexity index is 513. The zero-order chi connectivity index (χ0) is 13.1. The van der Waals surface area contributed by atoms with Crippen LogP contribution >= 0.6 is 11.3 Å². The van der Waals surface area contributed by atoms with Crippen molar-refractivity contribution in [2.45, 2.75) is 33.2 Å². The number of amides is 1. The van der Waals surface area contributed by atoms with Gasteiger partial charge in [-0.05, 0) is 20.3 Å². The third-order valence-electron chi connectivity index (χ3n) is 2.80. The molecule has 18 heavy (non-hydrogen) atoms. The number of hydrogen-bond acceptors (Lipinski definition) is 4. The van der Waals surface area contributed by atoms with E-state index in [0.717, 1.165) is 17.1 Å². The summed E-state index contributed by atoms with van der Waals surface area (Å²) in [7, 11) is 0. The maximum absolute atomic E-state index is 11.9. The Balaban J connectivity index is 2.12. The molecule has 2 aromatic rings. The molecule has 0 bridgehead atoms. The third kappa shape index (κ3) is 2.59. The van der Waals surface area contributed by atoms with Gasteiger partial charge in [-0.25, -0.2) is 9.97 Å². The van der Waals surface area contributed by atoms with Gasteiger partial charge in [0.05, 0.1) is 24.3 Å². The number of aromatic amines is 1. The predicted octanol–water partition coefficient (Wildman–Crippen LogP) is 2.36. The fraction of sp³-hybridized carbons (Fsp3) is 0.417. The third-order valence-corrected chi connectivity index (χ3v) is 3.99. The summed E-state index contributed by atoms with van der Waals surface area (Å²) < 4.78 is 0. The Kier molecular flexibility index (Phi) is 3.76. The van der Waals surface area contributed by atoms with Crippen molar-refractivity contribution in [2.75, 3.05) is 0 Å². The summed E-state index contributed by atoms with van der Waals surface area (Å²) in [5.74, 6) is -0.148. The Morgan fingerprint density at radius 2 is 2.33 bits per heavy atom. The number of nitrogens with zero attached hydrogens (tertiary/aromatic N) is 2. The lowest BCUT2D eigenvalue weighted by Crippen LogP contribution is -2.28. The van der Waals surface area contributed by atoms with Crippen molar-refractivity contribution in [1.29, 1.82) is 0 Å². The maximum Gasteiger partial charge on any atom is 0.269 e. The van der Waals surface area contributed by atoms with E-state index >= 15 is 0 Å². The van der Waals surface area contributed by atoms with Gasteiger partial charge < -0.3 is 10.3 Å². The van der Waals surface area contributed by atoms with E-state index in [0.29, 0.717) is 5.69 Å². The normalized spacial score (nSPS) is 12.4. The summed E-state index contributed by atoms with van der Waals surface area (Å²) in [5.41, 5.74) is 1.50. The SMILES string of the molecule is CC[C@@H](NC(=O)c1cnc[nH]1)c1nc(C)c(C)s1. The van der Waals surface area contributed by atoms with E-state index in [1.54, 1.807) is 11.3 Å². The average Bonchev–Trinajstić information content (AvgIpc) is 2.97. The molecule has 0 saturated heterocycles. The molecule has 0 aliphatic heterocycles. The highest BCUT2D eigenvalue weighted by Crippen LogP contribution is 2.24. The van der Waals surface area contributed by atoms with E-state index in [1.807, 2.05) is 20.8 Å². The largest absolute Gasteiger partial charge is 0.341 e. The second-order valence-corrected chi connectivity index (χ2v) is 5.33. The van der Waals surface area contributed by atoms with Gasteiger partial charge in [-0.1, -0.05) is 6.92 Å². The molecule has 2 rings (SSSR count). The van der Waals surface area contributed by atoms with Crippen LogP contribution in [0.4, 0.5) is 0 Å². The fourth-order valence-electron chi connectivity index (χ4n) is 1.60. The van der Waals surface area contributed by atoms with E-state index in [9.17, 15) is 4.79 Å². The van der Waals surface area contributed by atoms with Gasteiger partial charge in [-0.15, -0.1) is 11.3 Å². The zero-order valence-corrected chi connectivity index (χ0v) is 11.5. The first-order chi connectivity index (χ1) is 8.61. The van der Waals surface area contributed by atoms with E-state index in [1.165, 1.54) is 17.4 Å². The lowest BCUT2D eigenvalue weighted by molar-refractivity contribution is 0.0931. The van der Waals surface area contributed by atoms with Gasteiger partial charge in [0.2, 0.25) is 0 Å². The maximum atomic E-state index is 11.9. The Hall–Kier alpha value is -1.69. The van der Waals surface area contributed by atoms with Crippen molar-refractivity contribution in [3.63, 3.8) is 0 Å². The minimum absolute atomic E-state index is 0.0433. The second kappa shape index (κ2) is 5.30. The summed E-state index contributed by atoms with van der Waals surface area (Å²) in [4.78, 5) is 24.3. The zero-order valence-electron chi connectivity index (χ0n) is 10.7. The molecule has 0 unspecified atom stereocenters. The summed E-state index contributed by atoms with van der Waals surface area (Å²) in [6, 6.07) is -0.0433. The highest BCUT2D eigenvalue weighted by Gasteiger charge is 2.18. The minimum Gasteiger partial charge on any atom is -0.341 e. The quantitative estimate of drug-likeness (QED) is 0.890. The Labute approximate surface area is 110 Å². The molecule has 2 N–H and O–H groups in total. The van der Waals surface area contributed by atoms with Crippen LogP contribution in [0.25, 0.3) is 0 Å². The first kappa shape index (κ1) is 12.8. The van der Waals surface area contributed by atoms with Crippen molar-refractivity contribution >= 4 is 17.2 Å². The number of rotatable bonds is 4. The highest BCUT2D eigenvalue weighted by molar-refractivity contribution is 7.11. The summed E-state index contributed by atoms with van der Waals surface area (Å²) in [5, 5.41) is 3.92. The number of nitrogens with one attached hydrogen (secondary N) is 2. The minimum atomic E-state index is -0.148. The van der Waals surface area contributed by atoms with Gasteiger partial charge in [0, 0.05) is 4.88 Å². The van der Waals surface area contributed by atoms with Crippen LogP contribution in [0.15, 0.2) is 12.5 Å². The second-order valence-electron chi connectivity index (χ2n) is 4.09. The smallest absolute Gasteiger partial charge is 0.269 e. The van der Waals surface area contributed by atoms with Gasteiger partial charge in [0.25, 0.3) is 5.91 Å². The topological polar surface area (TPSA) is 70.7 Å². The monoisotopic (exact) mass is 264 g/mol. The van der Waals surface area contributed by atoms with Crippen LogP contribution in [-0.2, 0) is 0 Å². The molecule has 0 aromatic carbocycles. The number of thiazole rings is 1. The van der Waals surface area contributed by atoms with Crippen molar-refractivity contribution in [1.82, 2.24) is 20.3 Å². The molecule has 0 saturated carbocycles. The number of carbonyl (C=O) groups is 1. The number of aromatic nitrogens is 3. The molecule has 1 amide bonds. The highest BCUT2D eigenvalue weighted by atomic mass is 32.1. The van der Waals surface area contributed by atoms with Crippen LogP contribution in [0.1, 0.15) is 45.5 Å². The van der Waals surface area contributed by atoms with Crippen LogP contribution in [0.3, 0.4) is 0 Å². The van der Waals surface area contributed by atoms with Crippen molar-refractivity contribution in [3.05, 3.63) is 33.8 Å². The van der Waals surface area contributed by atoms with Crippen LogP contribution in [-0.4, -0.2) is 20.9 Å². The molecule has 0 fully saturated rings. The standard InChI is InChI=1S/C12H16N4OS/c1-4-9(12-15-7(2)8(3)18-12)16-11(17)10-5-13-6-14-10/h5-6,9H,4H2,1-3H3,(H,13,14)(H,16,17)/t9-/m1/s1. The van der Waals surface area contributed by atoms with E-state index in [-0.39, 0.29) is 11.9 Å². The lowest BCUT2D eigenvalue weighted by atomic mass is 10.2. The number of H-pyrrole nitrogens is 1. The lowest BCUT2D eigenvalue weighted by Gasteiger charge is -2.13. The van der Waals surface area contributed by atoms with Gasteiger partial charge in [0.15, 0.2) is 0 Å². The summed E-state index contributed by atoms with van der Waals surface area (Å²) in [6.45, 7) is 6.06. The molecular formula is C12H16N4OS. The first-order valence-electron chi connectivity index (χ1n) is 5.85. The van der Waals surface area contributed by atoms with Crippen LogP contribution in [0.2, 0.25) is 0 Å². The summed E-state index contributed by atoms with van der Waals surface area (Å²) >= 11 is 1.63. The predicted molar refractivity (Wildman–Crippen MR) is 70.7 cm³/mol.